The molecule has 2 rings (SSSR count). The number of pyridine rings is 1. The Morgan fingerprint density at radius 2 is 2.10 bits per heavy atom. The van der Waals surface area contributed by atoms with Gasteiger partial charge in [0.25, 0.3) is 0 Å². The van der Waals surface area contributed by atoms with Gasteiger partial charge < -0.3 is 5.11 Å². The molecule has 1 N–H and O–H groups in total. The van der Waals surface area contributed by atoms with Crippen molar-refractivity contribution in [1.29, 1.82) is 0 Å². The van der Waals surface area contributed by atoms with Gasteiger partial charge in [-0.05, 0) is 30.0 Å². The summed E-state index contributed by atoms with van der Waals surface area (Å²) in [6, 6.07) is 8.91. The van der Waals surface area contributed by atoms with Crippen molar-refractivity contribution in [3.05, 3.63) is 54.1 Å². The van der Waals surface area contributed by atoms with E-state index in [1.54, 1.807) is 6.20 Å². The number of aliphatic carboxylic acids is 1. The predicted molar refractivity (Wildman–Crippen MR) is 74.8 cm³/mol. The Labute approximate surface area is 117 Å². The number of hydrogen-bond donors (Lipinski definition) is 1. The summed E-state index contributed by atoms with van der Waals surface area (Å²) in [7, 11) is 0. The third kappa shape index (κ3) is 3.41. The molecule has 1 unspecified atom stereocenters. The minimum atomic E-state index is -0.787. The van der Waals surface area contributed by atoms with E-state index in [-0.39, 0.29) is 5.82 Å². The van der Waals surface area contributed by atoms with Gasteiger partial charge in [0, 0.05) is 11.8 Å². The molecular weight excluding hydrogens is 257 g/mol. The molecule has 0 saturated carbocycles. The average Bonchev–Trinajstić information content (AvgIpc) is 2.45. The van der Waals surface area contributed by atoms with Gasteiger partial charge in [-0.1, -0.05) is 31.2 Å². The highest BCUT2D eigenvalue weighted by atomic mass is 19.1. The first-order valence-electron chi connectivity index (χ1n) is 6.53. The van der Waals surface area contributed by atoms with Crippen LogP contribution in [-0.4, -0.2) is 16.1 Å². The molecule has 0 aliphatic rings. The second kappa shape index (κ2) is 6.28. The first-order chi connectivity index (χ1) is 9.60. The van der Waals surface area contributed by atoms with Gasteiger partial charge in [0.1, 0.15) is 5.82 Å². The normalized spacial score (nSPS) is 12.1. The van der Waals surface area contributed by atoms with Crippen molar-refractivity contribution < 1.29 is 14.3 Å². The van der Waals surface area contributed by atoms with Crippen LogP contribution in [0.1, 0.15) is 18.9 Å². The van der Waals surface area contributed by atoms with Crippen molar-refractivity contribution in [2.24, 2.45) is 5.92 Å². The van der Waals surface area contributed by atoms with Gasteiger partial charge >= 0.3 is 5.97 Å². The Hall–Kier alpha value is -2.23. The zero-order valence-electron chi connectivity index (χ0n) is 11.2. The fraction of sp³-hybridized carbons (Fsp3) is 0.250. The second-order valence-electron chi connectivity index (χ2n) is 4.74. The molecule has 1 aromatic heterocycles. The van der Waals surface area contributed by atoms with Crippen molar-refractivity contribution in [3.63, 3.8) is 0 Å². The number of carbonyl (C=O) groups is 1. The lowest BCUT2D eigenvalue weighted by molar-refractivity contribution is -0.141. The van der Waals surface area contributed by atoms with Crippen molar-refractivity contribution in [1.82, 2.24) is 4.98 Å². The highest BCUT2D eigenvalue weighted by Gasteiger charge is 2.15. The van der Waals surface area contributed by atoms with Crippen LogP contribution in [0.4, 0.5) is 4.39 Å². The summed E-state index contributed by atoms with van der Waals surface area (Å²) in [5, 5.41) is 9.10. The maximum absolute atomic E-state index is 13.2. The summed E-state index contributed by atoms with van der Waals surface area (Å²) < 4.78 is 13.2. The van der Waals surface area contributed by atoms with E-state index in [9.17, 15) is 9.18 Å². The Bertz CT molecular complexity index is 613. The Morgan fingerprint density at radius 1 is 1.30 bits per heavy atom. The topological polar surface area (TPSA) is 50.2 Å². The first kappa shape index (κ1) is 14.2. The van der Waals surface area contributed by atoms with E-state index in [4.69, 9.17) is 5.11 Å². The van der Waals surface area contributed by atoms with Gasteiger partial charge in [0.2, 0.25) is 0 Å². The van der Waals surface area contributed by atoms with Crippen LogP contribution in [0.25, 0.3) is 11.1 Å². The van der Waals surface area contributed by atoms with Crippen LogP contribution < -0.4 is 0 Å². The molecular formula is C16H16FNO2. The molecule has 0 saturated heterocycles. The molecule has 0 bridgehead atoms. The standard InChI is InChI=1S/C16H16FNO2/c1-2-12(16(19)20)6-11-4-3-5-13(7-11)14-8-15(17)10-18-9-14/h3-5,7-10,12H,2,6H2,1H3,(H,19,20). The molecule has 3 nitrogen and oxygen atoms in total. The maximum Gasteiger partial charge on any atom is 0.306 e. The number of hydrogen-bond acceptors (Lipinski definition) is 2. The van der Waals surface area contributed by atoms with Crippen molar-refractivity contribution >= 4 is 5.97 Å². The molecule has 20 heavy (non-hydrogen) atoms. The third-order valence-corrected chi connectivity index (χ3v) is 3.29. The lowest BCUT2D eigenvalue weighted by Crippen LogP contribution is -2.15. The molecule has 0 aliphatic carbocycles. The number of carboxylic acids is 1. The van der Waals surface area contributed by atoms with E-state index < -0.39 is 11.9 Å². The van der Waals surface area contributed by atoms with Crippen LogP contribution in [0, 0.1) is 11.7 Å². The minimum absolute atomic E-state index is 0.384. The number of nitrogens with zero attached hydrogens (tertiary/aromatic N) is 1. The summed E-state index contributed by atoms with van der Waals surface area (Å²) in [6.45, 7) is 1.86. The van der Waals surface area contributed by atoms with Gasteiger partial charge in [-0.15, -0.1) is 0 Å². The fourth-order valence-corrected chi connectivity index (χ4v) is 2.14. The second-order valence-corrected chi connectivity index (χ2v) is 4.74. The molecule has 104 valence electrons. The highest BCUT2D eigenvalue weighted by molar-refractivity contribution is 5.70. The molecule has 1 atom stereocenters. The van der Waals surface area contributed by atoms with Crippen LogP contribution >= 0.6 is 0 Å². The van der Waals surface area contributed by atoms with E-state index in [1.165, 1.54) is 6.07 Å². The van der Waals surface area contributed by atoms with Gasteiger partial charge in [-0.3, -0.25) is 9.78 Å². The number of carboxylic acid groups (broad SMARTS) is 1. The number of benzene rings is 1. The molecule has 0 fully saturated rings. The Balaban J connectivity index is 2.26. The largest absolute Gasteiger partial charge is 0.481 e. The van der Waals surface area contributed by atoms with E-state index in [0.29, 0.717) is 18.4 Å². The quantitative estimate of drug-likeness (QED) is 0.906. The summed E-state index contributed by atoms with van der Waals surface area (Å²) >= 11 is 0. The third-order valence-electron chi connectivity index (χ3n) is 3.29. The van der Waals surface area contributed by atoms with Crippen LogP contribution in [0.15, 0.2) is 42.7 Å². The summed E-state index contributed by atoms with van der Waals surface area (Å²) in [6.07, 6.45) is 3.81. The van der Waals surface area contributed by atoms with E-state index >= 15 is 0 Å². The van der Waals surface area contributed by atoms with E-state index in [0.717, 1.165) is 17.3 Å². The molecule has 2 aromatic rings. The smallest absolute Gasteiger partial charge is 0.306 e. The molecule has 0 aliphatic heterocycles. The number of rotatable bonds is 5. The van der Waals surface area contributed by atoms with Crippen molar-refractivity contribution in [2.75, 3.05) is 0 Å². The maximum atomic E-state index is 13.2. The zero-order chi connectivity index (χ0) is 14.5. The van der Waals surface area contributed by atoms with E-state index in [1.807, 2.05) is 31.2 Å². The average molecular weight is 273 g/mol. The summed E-state index contributed by atoms with van der Waals surface area (Å²) in [4.78, 5) is 14.9. The van der Waals surface area contributed by atoms with Crippen LogP contribution in [0.3, 0.4) is 0 Å². The summed E-state index contributed by atoms with van der Waals surface area (Å²) in [5.74, 6) is -1.56. The fourth-order valence-electron chi connectivity index (χ4n) is 2.14. The summed E-state index contributed by atoms with van der Waals surface area (Å²) in [5.41, 5.74) is 2.46. The van der Waals surface area contributed by atoms with E-state index in [2.05, 4.69) is 4.98 Å². The molecule has 0 spiro atoms. The molecule has 0 radical (unpaired) electrons. The van der Waals surface area contributed by atoms with Gasteiger partial charge in [0.05, 0.1) is 12.1 Å². The first-order valence-corrected chi connectivity index (χ1v) is 6.53. The van der Waals surface area contributed by atoms with Crippen molar-refractivity contribution in [2.45, 2.75) is 19.8 Å². The van der Waals surface area contributed by atoms with Crippen LogP contribution in [-0.2, 0) is 11.2 Å². The number of halogens is 1. The van der Waals surface area contributed by atoms with Crippen LogP contribution in [0.5, 0.6) is 0 Å². The Morgan fingerprint density at radius 3 is 2.75 bits per heavy atom. The van der Waals surface area contributed by atoms with Crippen molar-refractivity contribution in [3.8, 4) is 11.1 Å². The lowest BCUT2D eigenvalue weighted by atomic mass is 9.95. The SMILES string of the molecule is CCC(Cc1cccc(-c2cncc(F)c2)c1)C(=O)O. The Kier molecular flexibility index (Phi) is 4.45. The lowest BCUT2D eigenvalue weighted by Gasteiger charge is -2.11. The molecule has 1 heterocycles. The number of aromatic nitrogens is 1. The van der Waals surface area contributed by atoms with Gasteiger partial charge in [-0.25, -0.2) is 4.39 Å². The van der Waals surface area contributed by atoms with Gasteiger partial charge in [0.15, 0.2) is 0 Å². The highest BCUT2D eigenvalue weighted by Crippen LogP contribution is 2.22. The van der Waals surface area contributed by atoms with Crippen LogP contribution in [0.2, 0.25) is 0 Å². The monoisotopic (exact) mass is 273 g/mol. The van der Waals surface area contributed by atoms with Gasteiger partial charge in [-0.2, -0.15) is 0 Å². The minimum Gasteiger partial charge on any atom is -0.481 e. The molecule has 0 amide bonds. The molecule has 4 heteroatoms. The zero-order valence-corrected chi connectivity index (χ0v) is 11.2. The predicted octanol–water partition coefficient (Wildman–Crippen LogP) is 3.54. The molecule has 1 aromatic carbocycles.